The van der Waals surface area contributed by atoms with Crippen LogP contribution in [-0.2, 0) is 6.18 Å². The number of benzene rings is 2. The molecule has 0 radical (unpaired) electrons. The summed E-state index contributed by atoms with van der Waals surface area (Å²) in [5, 5.41) is 5.34. The number of piperidine rings is 1. The van der Waals surface area contributed by atoms with E-state index >= 15 is 0 Å². The highest BCUT2D eigenvalue weighted by atomic mass is 19.4. The summed E-state index contributed by atoms with van der Waals surface area (Å²) >= 11 is 0. The second kappa shape index (κ2) is 9.52. The van der Waals surface area contributed by atoms with Crippen LogP contribution in [0, 0.1) is 0 Å². The first kappa shape index (κ1) is 24.4. The largest absolute Gasteiger partial charge is 0.416 e. The Bertz CT molecular complexity index is 1200. The molecule has 2 aromatic rings. The monoisotopic (exact) mass is 485 g/mol. The Morgan fingerprint density at radius 3 is 2.46 bits per heavy atom. The van der Waals surface area contributed by atoms with Crippen LogP contribution < -0.4 is 10.6 Å². The molecule has 4 rings (SSSR count). The lowest BCUT2D eigenvalue weighted by Gasteiger charge is -2.35. The molecule has 0 saturated carbocycles. The van der Waals surface area contributed by atoms with Gasteiger partial charge in [-0.15, -0.1) is 0 Å². The zero-order chi connectivity index (χ0) is 25.2. The number of halogens is 3. The number of likely N-dealkylation sites (tertiary alicyclic amines) is 1. The first-order valence-corrected chi connectivity index (χ1v) is 11.4. The average Bonchev–Trinajstić information content (AvgIpc) is 3.14. The van der Waals surface area contributed by atoms with Crippen molar-refractivity contribution in [2.75, 3.05) is 25.0 Å². The predicted octanol–water partition coefficient (Wildman–Crippen LogP) is 4.74. The summed E-state index contributed by atoms with van der Waals surface area (Å²) in [6, 6.07) is 11.5. The minimum atomic E-state index is -4.44. The highest BCUT2D eigenvalue weighted by Gasteiger charge is 2.40. The molecule has 0 bridgehead atoms. The van der Waals surface area contributed by atoms with Crippen molar-refractivity contribution in [3.63, 3.8) is 0 Å². The topological polar surface area (TPSA) is 86.2 Å². The van der Waals surface area contributed by atoms with Gasteiger partial charge in [0.05, 0.1) is 28.2 Å². The molecule has 10 heteroatoms. The van der Waals surface area contributed by atoms with E-state index in [9.17, 15) is 22.8 Å². The van der Waals surface area contributed by atoms with Crippen molar-refractivity contribution in [2.45, 2.75) is 38.5 Å². The van der Waals surface area contributed by atoms with Gasteiger partial charge in [-0.05, 0) is 38.1 Å². The molecule has 1 fully saturated rings. The molecule has 0 unspecified atom stereocenters. The van der Waals surface area contributed by atoms with Gasteiger partial charge in [-0.3, -0.25) is 14.8 Å². The first-order valence-electron chi connectivity index (χ1n) is 11.4. The third-order valence-electron chi connectivity index (χ3n) is 6.10. The van der Waals surface area contributed by atoms with Gasteiger partial charge in [-0.25, -0.2) is 4.79 Å². The number of carbonyl (C=O) groups is 2. The fourth-order valence-electron chi connectivity index (χ4n) is 4.36. The van der Waals surface area contributed by atoms with Crippen molar-refractivity contribution >= 4 is 29.0 Å². The number of para-hydroxylation sites is 1. The van der Waals surface area contributed by atoms with Crippen LogP contribution in [0.15, 0.2) is 58.5 Å². The fourth-order valence-corrected chi connectivity index (χ4v) is 4.36. The van der Waals surface area contributed by atoms with E-state index in [-0.39, 0.29) is 5.91 Å². The van der Waals surface area contributed by atoms with Crippen molar-refractivity contribution in [3.8, 4) is 0 Å². The van der Waals surface area contributed by atoms with E-state index in [0.29, 0.717) is 60.7 Å². The Labute approximate surface area is 201 Å². The predicted molar refractivity (Wildman–Crippen MR) is 128 cm³/mol. The number of urea groups is 1. The van der Waals surface area contributed by atoms with Gasteiger partial charge in [0.15, 0.2) is 5.66 Å². The number of anilines is 1. The van der Waals surface area contributed by atoms with E-state index in [4.69, 9.17) is 9.98 Å². The third kappa shape index (κ3) is 5.21. The van der Waals surface area contributed by atoms with Crippen LogP contribution in [0.2, 0.25) is 0 Å². The summed E-state index contributed by atoms with van der Waals surface area (Å²) in [5.74, 6) is -0.215. The molecule has 2 aliphatic rings. The molecule has 35 heavy (non-hydrogen) atoms. The van der Waals surface area contributed by atoms with Crippen molar-refractivity contribution < 1.29 is 22.8 Å². The van der Waals surface area contributed by atoms with Gasteiger partial charge in [-0.1, -0.05) is 24.3 Å². The minimum Gasteiger partial charge on any atom is -0.338 e. The standard InChI is InChI=1S/C25H26F3N5O2/c1-3-29-23(35)30-20-10-5-4-9-19(20)22(34)33-13-11-24(12-14-33)31-16(2)21(32-24)17-7-6-8-18(15-17)25(26,27)28/h4-10,15H,3,11-14H2,1-2H3,(H2,29,30,35). The summed E-state index contributed by atoms with van der Waals surface area (Å²) in [6.07, 6.45) is -3.54. The van der Waals surface area contributed by atoms with E-state index in [0.717, 1.165) is 12.1 Å². The number of hydrogen-bond acceptors (Lipinski definition) is 4. The van der Waals surface area contributed by atoms with Crippen molar-refractivity contribution in [1.82, 2.24) is 10.2 Å². The number of hydrogen-bond donors (Lipinski definition) is 2. The number of amides is 3. The smallest absolute Gasteiger partial charge is 0.338 e. The normalized spacial score (nSPS) is 17.1. The molecule has 0 atom stereocenters. The van der Waals surface area contributed by atoms with Crippen LogP contribution in [0.4, 0.5) is 23.7 Å². The highest BCUT2D eigenvalue weighted by molar-refractivity contribution is 6.48. The molecule has 2 N–H and O–H groups in total. The zero-order valence-corrected chi connectivity index (χ0v) is 19.4. The van der Waals surface area contributed by atoms with Crippen LogP contribution >= 0.6 is 0 Å². The maximum Gasteiger partial charge on any atom is 0.416 e. The van der Waals surface area contributed by atoms with Crippen LogP contribution in [0.25, 0.3) is 0 Å². The maximum atomic E-state index is 13.2. The molecular weight excluding hydrogens is 459 g/mol. The molecule has 1 spiro atoms. The van der Waals surface area contributed by atoms with E-state index in [1.165, 1.54) is 6.07 Å². The Morgan fingerprint density at radius 1 is 1.06 bits per heavy atom. The van der Waals surface area contributed by atoms with Gasteiger partial charge in [-0.2, -0.15) is 13.2 Å². The molecule has 0 aromatic heterocycles. The number of alkyl halides is 3. The SMILES string of the molecule is CCNC(=O)Nc1ccccc1C(=O)N1CCC2(CC1)N=C(C)C(c1cccc(C(F)(F)F)c1)=N2. The Balaban J connectivity index is 1.49. The molecule has 2 aromatic carbocycles. The number of nitrogens with one attached hydrogen (secondary N) is 2. The van der Waals surface area contributed by atoms with E-state index in [1.807, 2.05) is 0 Å². The summed E-state index contributed by atoms with van der Waals surface area (Å²) in [6.45, 7) is 4.76. The molecule has 184 valence electrons. The summed E-state index contributed by atoms with van der Waals surface area (Å²) < 4.78 is 39.5. The third-order valence-corrected chi connectivity index (χ3v) is 6.10. The lowest BCUT2D eigenvalue weighted by atomic mass is 9.97. The van der Waals surface area contributed by atoms with Crippen LogP contribution in [0.1, 0.15) is 48.2 Å². The molecule has 1 saturated heterocycles. The van der Waals surface area contributed by atoms with Gasteiger partial charge >= 0.3 is 12.2 Å². The second-order valence-electron chi connectivity index (χ2n) is 8.54. The molecule has 7 nitrogen and oxygen atoms in total. The van der Waals surface area contributed by atoms with Gasteiger partial charge in [0.2, 0.25) is 0 Å². The van der Waals surface area contributed by atoms with Gasteiger partial charge in [0.25, 0.3) is 5.91 Å². The molecule has 2 heterocycles. The summed E-state index contributed by atoms with van der Waals surface area (Å²) in [4.78, 5) is 36.3. The van der Waals surface area contributed by atoms with Crippen molar-refractivity contribution in [1.29, 1.82) is 0 Å². The highest BCUT2D eigenvalue weighted by Crippen LogP contribution is 2.35. The molecule has 2 aliphatic heterocycles. The molecule has 0 aliphatic carbocycles. The lowest BCUT2D eigenvalue weighted by Crippen LogP contribution is -2.44. The maximum absolute atomic E-state index is 13.2. The van der Waals surface area contributed by atoms with E-state index in [1.54, 1.807) is 49.1 Å². The lowest BCUT2D eigenvalue weighted by molar-refractivity contribution is -0.137. The van der Waals surface area contributed by atoms with Gasteiger partial charge in [0, 0.05) is 38.0 Å². The number of carbonyl (C=O) groups excluding carboxylic acids is 2. The van der Waals surface area contributed by atoms with E-state index < -0.39 is 23.4 Å². The Hall–Kier alpha value is -3.69. The van der Waals surface area contributed by atoms with Gasteiger partial charge < -0.3 is 15.5 Å². The number of rotatable bonds is 4. The fraction of sp³-hybridized carbons (Fsp3) is 0.360. The van der Waals surface area contributed by atoms with Crippen molar-refractivity contribution in [2.24, 2.45) is 9.98 Å². The van der Waals surface area contributed by atoms with Gasteiger partial charge in [0.1, 0.15) is 0 Å². The first-order chi connectivity index (χ1) is 16.6. The molecule has 3 amide bonds. The quantitative estimate of drug-likeness (QED) is 0.655. The second-order valence-corrected chi connectivity index (χ2v) is 8.54. The minimum absolute atomic E-state index is 0.215. The average molecular weight is 486 g/mol. The van der Waals surface area contributed by atoms with E-state index in [2.05, 4.69) is 10.6 Å². The molecular formula is C25H26F3N5O2. The number of nitrogens with zero attached hydrogens (tertiary/aromatic N) is 3. The van der Waals surface area contributed by atoms with Crippen molar-refractivity contribution in [3.05, 3.63) is 65.2 Å². The Kier molecular flexibility index (Phi) is 6.64. The van der Waals surface area contributed by atoms with Crippen LogP contribution in [0.3, 0.4) is 0 Å². The van der Waals surface area contributed by atoms with Crippen LogP contribution in [0.5, 0.6) is 0 Å². The Morgan fingerprint density at radius 2 is 1.77 bits per heavy atom. The van der Waals surface area contributed by atoms with Crippen LogP contribution in [-0.4, -0.2) is 53.6 Å². The summed E-state index contributed by atoms with van der Waals surface area (Å²) in [5.41, 5.74) is 0.697. The number of aliphatic imine (C=N–C) groups is 2. The summed E-state index contributed by atoms with van der Waals surface area (Å²) in [7, 11) is 0. The zero-order valence-electron chi connectivity index (χ0n) is 19.4.